The van der Waals surface area contributed by atoms with Gasteiger partial charge in [0.05, 0.1) is 18.5 Å². The molecule has 0 radical (unpaired) electrons. The highest BCUT2D eigenvalue weighted by molar-refractivity contribution is 7.89. The van der Waals surface area contributed by atoms with Gasteiger partial charge in [-0.15, -0.1) is 0 Å². The molecular formula is C9H19NO3S. The third-order valence-corrected chi connectivity index (χ3v) is 4.28. The molecule has 1 aliphatic heterocycles. The van der Waals surface area contributed by atoms with Gasteiger partial charge in [0, 0.05) is 13.1 Å². The van der Waals surface area contributed by atoms with E-state index < -0.39 is 10.0 Å². The van der Waals surface area contributed by atoms with Crippen molar-refractivity contribution in [1.82, 2.24) is 4.31 Å². The molecule has 5 heteroatoms. The van der Waals surface area contributed by atoms with Crippen LogP contribution in [0.5, 0.6) is 0 Å². The number of hydrogen-bond donors (Lipinski definition) is 0. The Bertz CT molecular complexity index is 263. The predicted octanol–water partition coefficient (Wildman–Crippen LogP) is 0.837. The molecule has 1 heterocycles. The Balaban J connectivity index is 2.53. The lowest BCUT2D eigenvalue weighted by atomic mass is 10.3. The van der Waals surface area contributed by atoms with Gasteiger partial charge in [0.25, 0.3) is 0 Å². The van der Waals surface area contributed by atoms with Crippen molar-refractivity contribution in [1.29, 1.82) is 0 Å². The molecule has 0 aromatic carbocycles. The molecule has 0 saturated carbocycles. The first-order valence-electron chi connectivity index (χ1n) is 5.15. The van der Waals surface area contributed by atoms with Crippen LogP contribution < -0.4 is 0 Å². The van der Waals surface area contributed by atoms with Gasteiger partial charge in [0.2, 0.25) is 10.0 Å². The minimum Gasteiger partial charge on any atom is -0.376 e. The zero-order valence-corrected chi connectivity index (χ0v) is 9.72. The number of nitrogens with zero attached hydrogens (tertiary/aromatic N) is 1. The van der Waals surface area contributed by atoms with Crippen LogP contribution >= 0.6 is 0 Å². The second-order valence-corrected chi connectivity index (χ2v) is 5.80. The summed E-state index contributed by atoms with van der Waals surface area (Å²) >= 11 is 0. The lowest BCUT2D eigenvalue weighted by Crippen LogP contribution is -2.45. The third kappa shape index (κ3) is 3.22. The Morgan fingerprint density at radius 3 is 2.79 bits per heavy atom. The van der Waals surface area contributed by atoms with Crippen molar-refractivity contribution in [2.75, 3.05) is 25.4 Å². The van der Waals surface area contributed by atoms with Crippen LogP contribution in [0.15, 0.2) is 0 Å². The lowest BCUT2D eigenvalue weighted by Gasteiger charge is -2.30. The molecule has 1 atom stereocenters. The molecule has 0 bridgehead atoms. The van der Waals surface area contributed by atoms with Crippen molar-refractivity contribution < 1.29 is 13.2 Å². The number of ether oxygens (including phenoxy) is 1. The maximum Gasteiger partial charge on any atom is 0.214 e. The Hall–Kier alpha value is -0.130. The molecule has 1 rings (SSSR count). The zero-order chi connectivity index (χ0) is 10.6. The Kier molecular flexibility index (Phi) is 4.34. The van der Waals surface area contributed by atoms with Crippen LogP contribution in [-0.4, -0.2) is 44.3 Å². The van der Waals surface area contributed by atoms with Crippen LogP contribution in [0.1, 0.15) is 26.7 Å². The molecule has 0 unspecified atom stereocenters. The van der Waals surface area contributed by atoms with Gasteiger partial charge >= 0.3 is 0 Å². The van der Waals surface area contributed by atoms with Gasteiger partial charge in [-0.25, -0.2) is 8.42 Å². The molecule has 0 aromatic rings. The van der Waals surface area contributed by atoms with Crippen LogP contribution in [0.2, 0.25) is 0 Å². The highest BCUT2D eigenvalue weighted by Gasteiger charge is 2.26. The predicted molar refractivity (Wildman–Crippen MR) is 55.7 cm³/mol. The smallest absolute Gasteiger partial charge is 0.214 e. The molecule has 1 saturated heterocycles. The number of sulfonamides is 1. The molecule has 14 heavy (non-hydrogen) atoms. The van der Waals surface area contributed by atoms with E-state index in [0.717, 1.165) is 12.8 Å². The molecule has 0 amide bonds. The van der Waals surface area contributed by atoms with Crippen LogP contribution in [0.3, 0.4) is 0 Å². The second kappa shape index (κ2) is 5.09. The molecule has 0 aromatic heterocycles. The standard InChI is InChI=1S/C9H19NO3S/c1-3-4-7-14(11,12)10-5-6-13-9(2)8-10/h9H,3-8H2,1-2H3/t9-/m0/s1. The van der Waals surface area contributed by atoms with Crippen LogP contribution in [0.25, 0.3) is 0 Å². The number of unbranched alkanes of at least 4 members (excludes halogenated alkanes) is 1. The molecule has 0 spiro atoms. The lowest BCUT2D eigenvalue weighted by molar-refractivity contribution is 0.0102. The van der Waals surface area contributed by atoms with Gasteiger partial charge < -0.3 is 4.74 Å². The maximum atomic E-state index is 11.8. The van der Waals surface area contributed by atoms with E-state index in [4.69, 9.17) is 4.74 Å². The Morgan fingerprint density at radius 2 is 2.21 bits per heavy atom. The minimum absolute atomic E-state index is 0.0279. The summed E-state index contributed by atoms with van der Waals surface area (Å²) in [7, 11) is -3.03. The molecule has 84 valence electrons. The topological polar surface area (TPSA) is 46.6 Å². The molecule has 1 aliphatic rings. The van der Waals surface area contributed by atoms with E-state index in [0.29, 0.717) is 19.7 Å². The number of hydrogen-bond acceptors (Lipinski definition) is 3. The fourth-order valence-electron chi connectivity index (χ4n) is 1.49. The van der Waals surface area contributed by atoms with E-state index in [9.17, 15) is 8.42 Å². The van der Waals surface area contributed by atoms with Gasteiger partial charge in [-0.1, -0.05) is 13.3 Å². The van der Waals surface area contributed by atoms with Gasteiger partial charge in [-0.05, 0) is 13.3 Å². The molecule has 4 nitrogen and oxygen atoms in total. The van der Waals surface area contributed by atoms with Crippen molar-refractivity contribution in [3.05, 3.63) is 0 Å². The van der Waals surface area contributed by atoms with E-state index in [2.05, 4.69) is 0 Å². The summed E-state index contributed by atoms with van der Waals surface area (Å²) in [6.45, 7) is 5.44. The highest BCUT2D eigenvalue weighted by atomic mass is 32.2. The first kappa shape index (κ1) is 11.9. The first-order valence-corrected chi connectivity index (χ1v) is 6.76. The molecule has 0 aliphatic carbocycles. The number of rotatable bonds is 4. The summed E-state index contributed by atoms with van der Waals surface area (Å²) in [4.78, 5) is 0. The van der Waals surface area contributed by atoms with Crippen molar-refractivity contribution >= 4 is 10.0 Å². The van der Waals surface area contributed by atoms with Gasteiger partial charge in [0.15, 0.2) is 0 Å². The second-order valence-electron chi connectivity index (χ2n) is 3.71. The van der Waals surface area contributed by atoms with Crippen molar-refractivity contribution in [2.24, 2.45) is 0 Å². The summed E-state index contributed by atoms with van der Waals surface area (Å²) in [5, 5.41) is 0. The fraction of sp³-hybridized carbons (Fsp3) is 1.00. The van der Waals surface area contributed by atoms with Crippen LogP contribution in [0.4, 0.5) is 0 Å². The monoisotopic (exact) mass is 221 g/mol. The first-order chi connectivity index (χ1) is 6.56. The SMILES string of the molecule is CCCCS(=O)(=O)N1CCO[C@@H](C)C1. The summed E-state index contributed by atoms with van der Waals surface area (Å²) in [6, 6.07) is 0. The summed E-state index contributed by atoms with van der Waals surface area (Å²) in [5.41, 5.74) is 0. The fourth-order valence-corrected chi connectivity index (χ4v) is 3.20. The Morgan fingerprint density at radius 1 is 1.50 bits per heavy atom. The van der Waals surface area contributed by atoms with E-state index in [1.165, 1.54) is 0 Å². The van der Waals surface area contributed by atoms with Crippen LogP contribution in [-0.2, 0) is 14.8 Å². The molecule has 1 fully saturated rings. The normalized spacial score (nSPS) is 25.1. The van der Waals surface area contributed by atoms with E-state index in [1.807, 2.05) is 13.8 Å². The van der Waals surface area contributed by atoms with E-state index >= 15 is 0 Å². The van der Waals surface area contributed by atoms with Gasteiger partial charge in [-0.3, -0.25) is 0 Å². The van der Waals surface area contributed by atoms with Gasteiger partial charge in [-0.2, -0.15) is 4.31 Å². The largest absolute Gasteiger partial charge is 0.376 e. The third-order valence-electron chi connectivity index (χ3n) is 2.35. The number of morpholine rings is 1. The molecular weight excluding hydrogens is 202 g/mol. The van der Waals surface area contributed by atoms with E-state index in [-0.39, 0.29) is 11.9 Å². The van der Waals surface area contributed by atoms with Crippen molar-refractivity contribution in [3.63, 3.8) is 0 Å². The minimum atomic E-state index is -3.03. The summed E-state index contributed by atoms with van der Waals surface area (Å²) < 4.78 is 30.4. The summed E-state index contributed by atoms with van der Waals surface area (Å²) in [6.07, 6.45) is 1.69. The van der Waals surface area contributed by atoms with E-state index in [1.54, 1.807) is 4.31 Å². The zero-order valence-electron chi connectivity index (χ0n) is 8.90. The quantitative estimate of drug-likeness (QED) is 0.706. The van der Waals surface area contributed by atoms with Crippen molar-refractivity contribution in [3.8, 4) is 0 Å². The molecule has 0 N–H and O–H groups in total. The maximum absolute atomic E-state index is 11.8. The Labute approximate surface area is 86.3 Å². The average molecular weight is 221 g/mol. The van der Waals surface area contributed by atoms with Gasteiger partial charge in [0.1, 0.15) is 0 Å². The average Bonchev–Trinajstić information content (AvgIpc) is 2.15. The van der Waals surface area contributed by atoms with Crippen LogP contribution in [0, 0.1) is 0 Å². The summed E-state index contributed by atoms with van der Waals surface area (Å²) in [5.74, 6) is 0.274. The van der Waals surface area contributed by atoms with Crippen molar-refractivity contribution in [2.45, 2.75) is 32.8 Å². The highest BCUT2D eigenvalue weighted by Crippen LogP contribution is 2.11.